The standard InChI is InChI=1S/C48H87O9P/c1-3-5-7-9-11-13-15-17-19-21-22-23-25-27-29-31-33-35-37-39-41-54-44-47(45-56-58(52,53)55-43-46(50)42-49)57-48(51)40-38-36-34-32-30-28-26-24-20-18-16-14-12-10-8-6-4-2/h5,7,11,13,17,19,22-23,27,29,46-47,49-50H,3-4,6,8-10,12,14-16,18,20-21,24-26,28,30-45H2,1-2H3,(H,52,53)/b7-5-,13-11-,19-17-,23-22-,29-27-. The summed E-state index contributed by atoms with van der Waals surface area (Å²) < 4.78 is 33.4. The molecule has 0 aliphatic heterocycles. The molecule has 0 aromatic heterocycles. The van der Waals surface area contributed by atoms with Gasteiger partial charge in [-0.2, -0.15) is 0 Å². The Kier molecular flexibility index (Phi) is 43.3. The maximum absolute atomic E-state index is 12.6. The normalized spacial score (nSPS) is 14.5. The number of aliphatic hydroxyl groups excluding tert-OH is 2. The molecule has 0 rings (SSSR count). The summed E-state index contributed by atoms with van der Waals surface area (Å²) in [6.45, 7) is 3.36. The van der Waals surface area contributed by atoms with E-state index in [1.165, 1.54) is 89.9 Å². The third kappa shape index (κ3) is 43.7. The zero-order valence-corrected chi connectivity index (χ0v) is 37.9. The van der Waals surface area contributed by atoms with Gasteiger partial charge in [0.05, 0.1) is 26.4 Å². The van der Waals surface area contributed by atoms with E-state index < -0.39 is 39.2 Å². The maximum atomic E-state index is 12.6. The smallest absolute Gasteiger partial charge is 0.457 e. The fourth-order valence-corrected chi connectivity index (χ4v) is 7.00. The van der Waals surface area contributed by atoms with E-state index in [1.54, 1.807) is 0 Å². The molecule has 10 heteroatoms. The predicted octanol–water partition coefficient (Wildman–Crippen LogP) is 13.1. The van der Waals surface area contributed by atoms with Gasteiger partial charge in [0.1, 0.15) is 12.2 Å². The molecule has 9 nitrogen and oxygen atoms in total. The highest BCUT2D eigenvalue weighted by molar-refractivity contribution is 7.47. The molecule has 0 bridgehead atoms. The van der Waals surface area contributed by atoms with Crippen molar-refractivity contribution in [3.05, 3.63) is 60.8 Å². The van der Waals surface area contributed by atoms with Crippen LogP contribution in [0.5, 0.6) is 0 Å². The van der Waals surface area contributed by atoms with Gasteiger partial charge in [-0.15, -0.1) is 0 Å². The average Bonchev–Trinajstić information content (AvgIpc) is 3.21. The van der Waals surface area contributed by atoms with Crippen molar-refractivity contribution in [3.63, 3.8) is 0 Å². The molecular formula is C48H87O9P. The average molecular weight is 839 g/mol. The summed E-state index contributed by atoms with van der Waals surface area (Å²) in [6, 6.07) is 0. The number of hydrogen-bond acceptors (Lipinski definition) is 8. The van der Waals surface area contributed by atoms with Crippen LogP contribution < -0.4 is 0 Å². The van der Waals surface area contributed by atoms with E-state index >= 15 is 0 Å². The van der Waals surface area contributed by atoms with Crippen LogP contribution in [-0.2, 0) is 27.9 Å². The van der Waals surface area contributed by atoms with E-state index in [9.17, 15) is 19.4 Å². The van der Waals surface area contributed by atoms with E-state index in [1.807, 2.05) is 0 Å². The number of allylic oxidation sites excluding steroid dienone is 10. The molecule has 0 radical (unpaired) electrons. The summed E-state index contributed by atoms with van der Waals surface area (Å²) >= 11 is 0. The quantitative estimate of drug-likeness (QED) is 0.0237. The lowest BCUT2D eigenvalue weighted by Crippen LogP contribution is -2.29. The van der Waals surface area contributed by atoms with Gasteiger partial charge in [-0.25, -0.2) is 4.57 Å². The van der Waals surface area contributed by atoms with Crippen molar-refractivity contribution in [3.8, 4) is 0 Å². The summed E-state index contributed by atoms with van der Waals surface area (Å²) in [7, 11) is -4.53. The Bertz CT molecular complexity index is 1090. The Labute approximate surface area is 355 Å². The molecule has 3 atom stereocenters. The van der Waals surface area contributed by atoms with Crippen LogP contribution in [0, 0.1) is 0 Å². The minimum absolute atomic E-state index is 0.0318. The Hall–Kier alpha value is -1.84. The first kappa shape index (κ1) is 56.2. The van der Waals surface area contributed by atoms with Gasteiger partial charge in [-0.3, -0.25) is 13.8 Å². The van der Waals surface area contributed by atoms with Crippen molar-refractivity contribution in [2.45, 2.75) is 206 Å². The van der Waals surface area contributed by atoms with Gasteiger partial charge in [0.15, 0.2) is 0 Å². The second-order valence-electron chi connectivity index (χ2n) is 15.4. The first-order valence-corrected chi connectivity index (χ1v) is 24.8. The number of phosphoric ester groups is 1. The SMILES string of the molecule is CC/C=C\C/C=C\C/C=C\C/C=C\C/C=C\CCCCCCOCC(COP(=O)(O)OCC(O)CO)OC(=O)CCCCCCCCCCCCCCCCCCC. The lowest BCUT2D eigenvalue weighted by molar-refractivity contribution is -0.154. The van der Waals surface area contributed by atoms with Crippen molar-refractivity contribution in [2.24, 2.45) is 0 Å². The largest absolute Gasteiger partial charge is 0.472 e. The molecule has 0 saturated heterocycles. The molecule has 0 fully saturated rings. The molecule has 0 spiro atoms. The highest BCUT2D eigenvalue weighted by Crippen LogP contribution is 2.43. The fourth-order valence-electron chi connectivity index (χ4n) is 6.21. The molecule has 338 valence electrons. The molecule has 0 aromatic rings. The summed E-state index contributed by atoms with van der Waals surface area (Å²) in [5, 5.41) is 18.4. The predicted molar refractivity (Wildman–Crippen MR) is 242 cm³/mol. The number of carbonyl (C=O) groups excluding carboxylic acids is 1. The number of esters is 1. The summed E-state index contributed by atoms with van der Waals surface area (Å²) in [5.74, 6) is -0.391. The number of phosphoric acid groups is 1. The third-order valence-corrected chi connectivity index (χ3v) is 10.7. The summed E-state index contributed by atoms with van der Waals surface area (Å²) in [6.07, 6.45) is 51.8. The molecule has 3 unspecified atom stereocenters. The lowest BCUT2D eigenvalue weighted by atomic mass is 10.0. The summed E-state index contributed by atoms with van der Waals surface area (Å²) in [4.78, 5) is 22.6. The van der Waals surface area contributed by atoms with Crippen LogP contribution >= 0.6 is 7.82 Å². The number of ether oxygens (including phenoxy) is 2. The van der Waals surface area contributed by atoms with Crippen molar-refractivity contribution in [1.82, 2.24) is 0 Å². The van der Waals surface area contributed by atoms with Crippen molar-refractivity contribution >= 4 is 13.8 Å². The third-order valence-electron chi connectivity index (χ3n) is 9.72. The van der Waals surface area contributed by atoms with Gasteiger partial charge in [-0.1, -0.05) is 190 Å². The van der Waals surface area contributed by atoms with E-state index in [0.717, 1.165) is 83.5 Å². The molecule has 0 aliphatic carbocycles. The van der Waals surface area contributed by atoms with Gasteiger partial charge in [0.2, 0.25) is 0 Å². The van der Waals surface area contributed by atoms with E-state index in [4.69, 9.17) is 23.6 Å². The van der Waals surface area contributed by atoms with Gasteiger partial charge in [0.25, 0.3) is 0 Å². The highest BCUT2D eigenvalue weighted by atomic mass is 31.2. The van der Waals surface area contributed by atoms with Gasteiger partial charge < -0.3 is 24.6 Å². The zero-order chi connectivity index (χ0) is 42.5. The van der Waals surface area contributed by atoms with Crippen LogP contribution in [-0.4, -0.2) is 66.3 Å². The second-order valence-corrected chi connectivity index (χ2v) is 16.9. The minimum atomic E-state index is -4.53. The van der Waals surface area contributed by atoms with Crippen molar-refractivity contribution in [2.75, 3.05) is 33.0 Å². The number of aliphatic hydroxyl groups is 2. The minimum Gasteiger partial charge on any atom is -0.457 e. The Balaban J connectivity index is 4.19. The second kappa shape index (κ2) is 44.7. The van der Waals surface area contributed by atoms with Crippen molar-refractivity contribution < 1.29 is 43.0 Å². The summed E-state index contributed by atoms with van der Waals surface area (Å²) in [5.41, 5.74) is 0. The van der Waals surface area contributed by atoms with Crippen LogP contribution in [0.3, 0.4) is 0 Å². The fraction of sp³-hybridized carbons (Fsp3) is 0.771. The van der Waals surface area contributed by atoms with Crippen LogP contribution in [0.15, 0.2) is 60.8 Å². The molecule has 0 amide bonds. The van der Waals surface area contributed by atoms with E-state index in [-0.39, 0.29) is 19.6 Å². The molecule has 58 heavy (non-hydrogen) atoms. The topological polar surface area (TPSA) is 132 Å². The van der Waals surface area contributed by atoms with Crippen LogP contribution in [0.2, 0.25) is 0 Å². The molecular weight excluding hydrogens is 751 g/mol. The molecule has 0 aliphatic rings. The number of hydrogen-bond donors (Lipinski definition) is 3. The van der Waals surface area contributed by atoms with Gasteiger partial charge in [-0.05, 0) is 57.8 Å². The van der Waals surface area contributed by atoms with Gasteiger partial charge in [0, 0.05) is 13.0 Å². The maximum Gasteiger partial charge on any atom is 0.472 e. The van der Waals surface area contributed by atoms with E-state index in [0.29, 0.717) is 6.61 Å². The Morgan fingerprint density at radius 3 is 1.48 bits per heavy atom. The molecule has 0 saturated carbocycles. The van der Waals surface area contributed by atoms with Gasteiger partial charge >= 0.3 is 13.8 Å². The first-order valence-electron chi connectivity index (χ1n) is 23.3. The number of carbonyl (C=O) groups is 1. The molecule has 0 aromatic carbocycles. The van der Waals surface area contributed by atoms with Crippen LogP contribution in [0.25, 0.3) is 0 Å². The molecule has 0 heterocycles. The van der Waals surface area contributed by atoms with E-state index in [2.05, 4.69) is 74.6 Å². The number of unbranched alkanes of at least 4 members (excludes halogenated alkanes) is 20. The van der Waals surface area contributed by atoms with Crippen LogP contribution in [0.1, 0.15) is 194 Å². The lowest BCUT2D eigenvalue weighted by Gasteiger charge is -2.20. The first-order chi connectivity index (χ1) is 28.3. The highest BCUT2D eigenvalue weighted by Gasteiger charge is 2.26. The number of rotatable bonds is 44. The zero-order valence-electron chi connectivity index (χ0n) is 37.0. The Morgan fingerprint density at radius 2 is 0.983 bits per heavy atom. The van der Waals surface area contributed by atoms with Crippen molar-refractivity contribution in [1.29, 1.82) is 0 Å². The Morgan fingerprint density at radius 1 is 0.552 bits per heavy atom. The molecule has 3 N–H and O–H groups in total. The monoisotopic (exact) mass is 839 g/mol. The van der Waals surface area contributed by atoms with Crippen LogP contribution in [0.4, 0.5) is 0 Å².